The second-order valence-electron chi connectivity index (χ2n) is 2.70. The zero-order chi connectivity index (χ0) is 14.5. The summed E-state index contributed by atoms with van der Waals surface area (Å²) in [5, 5.41) is 28.7. The summed E-state index contributed by atoms with van der Waals surface area (Å²) in [5.74, 6) is 0. The van der Waals surface area contributed by atoms with Crippen LogP contribution in [-0.2, 0) is 14.2 Å². The fraction of sp³-hybridized carbons (Fsp3) is 1.00. The van der Waals surface area contributed by atoms with E-state index < -0.39 is 0 Å². The molecule has 7 heteroatoms. The molecule has 0 bridgehead atoms. The van der Waals surface area contributed by atoms with E-state index in [2.05, 4.69) is 14.2 Å². The van der Waals surface area contributed by atoms with Crippen LogP contribution in [0.25, 0.3) is 0 Å². The zero-order valence-electron chi connectivity index (χ0n) is 12.3. The van der Waals surface area contributed by atoms with Crippen LogP contribution in [0, 0.1) is 40.8 Å². The van der Waals surface area contributed by atoms with Crippen molar-refractivity contribution in [1.29, 1.82) is 0 Å². The Morgan fingerprint density at radius 2 is 0.789 bits per heavy atom. The fourth-order valence-electron chi connectivity index (χ4n) is 0.610. The monoisotopic (exact) mass is 409 g/mol. The van der Waals surface area contributed by atoms with Crippen LogP contribution in [0.5, 0.6) is 0 Å². The van der Waals surface area contributed by atoms with Crippen molar-refractivity contribution in [2.75, 3.05) is 59.5 Å². The van der Waals surface area contributed by atoms with E-state index in [1.165, 1.54) is 0 Å². The minimum Gasteiger partial charge on any atom is -0.853 e. The molecule has 0 atom stereocenters. The first-order valence-corrected chi connectivity index (χ1v) is 6.22. The number of hydrogen-bond donors (Lipinski definition) is 0. The molecule has 0 spiro atoms. The number of rotatable bonds is 9. The van der Waals surface area contributed by atoms with Crippen LogP contribution in [0.1, 0.15) is 20.8 Å². The third kappa shape index (κ3) is 54.7. The molecule has 0 rings (SSSR count). The standard InChI is InChI=1S/3C4H9O2.Nd/c3*1-2-6-4-3-5;/h3*2-4H2,1H3;/q3*-1;+3. The van der Waals surface area contributed by atoms with Gasteiger partial charge in [0.15, 0.2) is 0 Å². The Bertz CT molecular complexity index is 77.2. The van der Waals surface area contributed by atoms with E-state index in [4.69, 9.17) is 0 Å². The Kier molecular flexibility index (Phi) is 54.3. The molecule has 0 aliphatic heterocycles. The van der Waals surface area contributed by atoms with E-state index in [1.807, 2.05) is 20.8 Å². The van der Waals surface area contributed by atoms with E-state index >= 15 is 0 Å². The number of ether oxygens (including phenoxy) is 3. The Morgan fingerprint density at radius 3 is 0.842 bits per heavy atom. The largest absolute Gasteiger partial charge is 3.00 e. The maximum atomic E-state index is 9.56. The Hall–Kier alpha value is 1.11. The first-order chi connectivity index (χ1) is 8.74. The Balaban J connectivity index is -0.0000000865. The van der Waals surface area contributed by atoms with Crippen LogP contribution in [0.4, 0.5) is 0 Å². The van der Waals surface area contributed by atoms with Gasteiger partial charge in [0, 0.05) is 39.6 Å². The molecule has 0 unspecified atom stereocenters. The maximum absolute atomic E-state index is 9.56. The smallest absolute Gasteiger partial charge is 0.853 e. The Labute approximate surface area is 150 Å². The summed E-state index contributed by atoms with van der Waals surface area (Å²) in [7, 11) is 0. The van der Waals surface area contributed by atoms with Gasteiger partial charge in [-0.25, -0.2) is 0 Å². The third-order valence-electron chi connectivity index (χ3n) is 1.30. The van der Waals surface area contributed by atoms with Gasteiger partial charge in [-0.2, -0.15) is 0 Å². The summed E-state index contributed by atoms with van der Waals surface area (Å²) in [6, 6.07) is 0. The van der Waals surface area contributed by atoms with Crippen molar-refractivity contribution in [3.8, 4) is 0 Å². The first kappa shape index (κ1) is 28.3. The van der Waals surface area contributed by atoms with Crippen molar-refractivity contribution < 1.29 is 70.4 Å². The normalized spacial score (nSPS) is 8.53. The molecule has 0 aromatic rings. The molecule has 19 heavy (non-hydrogen) atoms. The van der Waals surface area contributed by atoms with Gasteiger partial charge in [0.05, 0.1) is 0 Å². The van der Waals surface area contributed by atoms with Crippen LogP contribution in [0.15, 0.2) is 0 Å². The summed E-state index contributed by atoms with van der Waals surface area (Å²) >= 11 is 0. The van der Waals surface area contributed by atoms with Crippen molar-refractivity contribution in [3.63, 3.8) is 0 Å². The van der Waals surface area contributed by atoms with Gasteiger partial charge in [0.25, 0.3) is 0 Å². The van der Waals surface area contributed by atoms with Gasteiger partial charge in [-0.3, -0.25) is 0 Å². The fourth-order valence-corrected chi connectivity index (χ4v) is 0.610. The van der Waals surface area contributed by atoms with Crippen LogP contribution in [0.2, 0.25) is 0 Å². The quantitative estimate of drug-likeness (QED) is 0.413. The van der Waals surface area contributed by atoms with Gasteiger partial charge in [-0.05, 0) is 20.8 Å². The van der Waals surface area contributed by atoms with Gasteiger partial charge in [-0.15, -0.1) is 19.8 Å². The molecule has 0 aliphatic rings. The predicted octanol–water partition coefficient (Wildman–Crippen LogP) is -1.85. The minimum atomic E-state index is -0.117. The molecule has 0 aromatic carbocycles. The Morgan fingerprint density at radius 1 is 0.579 bits per heavy atom. The average molecular weight is 412 g/mol. The molecule has 0 aromatic heterocycles. The average Bonchev–Trinajstić information content (AvgIpc) is 2.42. The molecule has 0 saturated carbocycles. The zero-order valence-corrected chi connectivity index (χ0v) is 15.5. The van der Waals surface area contributed by atoms with E-state index in [0.717, 1.165) is 0 Å². The van der Waals surface area contributed by atoms with E-state index in [1.54, 1.807) is 0 Å². The molecule has 0 fully saturated rings. The predicted molar refractivity (Wildman–Crippen MR) is 64.1 cm³/mol. The SMILES string of the molecule is CCOCC[O-].CCOCC[O-].CCOCC[O-].[Nd+3]. The maximum Gasteiger partial charge on any atom is 3.00 e. The van der Waals surface area contributed by atoms with E-state index in [9.17, 15) is 15.3 Å². The number of hydrogen-bond acceptors (Lipinski definition) is 6. The van der Waals surface area contributed by atoms with E-state index in [-0.39, 0.29) is 60.7 Å². The summed E-state index contributed by atoms with van der Waals surface area (Å²) < 4.78 is 14.0. The van der Waals surface area contributed by atoms with Crippen molar-refractivity contribution in [2.45, 2.75) is 20.8 Å². The summed E-state index contributed by atoms with van der Waals surface area (Å²) in [6.07, 6.45) is 0. The molecule has 115 valence electrons. The van der Waals surface area contributed by atoms with Crippen molar-refractivity contribution in [2.24, 2.45) is 0 Å². The van der Waals surface area contributed by atoms with Crippen molar-refractivity contribution in [3.05, 3.63) is 0 Å². The molecule has 6 nitrogen and oxygen atoms in total. The van der Waals surface area contributed by atoms with Crippen LogP contribution < -0.4 is 15.3 Å². The summed E-state index contributed by atoms with van der Waals surface area (Å²) in [6.45, 7) is 8.30. The van der Waals surface area contributed by atoms with Crippen LogP contribution in [0.3, 0.4) is 0 Å². The molecule has 0 amide bonds. The molecule has 0 saturated heterocycles. The minimum absolute atomic E-state index is 0. The second-order valence-corrected chi connectivity index (χ2v) is 2.70. The van der Waals surface area contributed by atoms with Gasteiger partial charge in [0.2, 0.25) is 0 Å². The van der Waals surface area contributed by atoms with Gasteiger partial charge in [0.1, 0.15) is 0 Å². The third-order valence-corrected chi connectivity index (χ3v) is 1.30. The van der Waals surface area contributed by atoms with Gasteiger partial charge >= 0.3 is 40.8 Å². The molecular formula is C12H27NdO6. The molecular weight excluding hydrogens is 384 g/mol. The van der Waals surface area contributed by atoms with E-state index in [0.29, 0.717) is 39.6 Å². The van der Waals surface area contributed by atoms with Crippen molar-refractivity contribution >= 4 is 0 Å². The molecule has 0 N–H and O–H groups in total. The topological polar surface area (TPSA) is 96.9 Å². The second kappa shape index (κ2) is 36.5. The summed E-state index contributed by atoms with van der Waals surface area (Å²) in [4.78, 5) is 0. The van der Waals surface area contributed by atoms with Gasteiger partial charge < -0.3 is 29.5 Å². The molecule has 0 aliphatic carbocycles. The molecule has 0 heterocycles. The summed E-state index contributed by atoms with van der Waals surface area (Å²) in [5.41, 5.74) is 0. The van der Waals surface area contributed by atoms with Crippen LogP contribution in [-0.4, -0.2) is 59.5 Å². The first-order valence-electron chi connectivity index (χ1n) is 6.22. The van der Waals surface area contributed by atoms with Crippen molar-refractivity contribution in [1.82, 2.24) is 0 Å². The van der Waals surface area contributed by atoms with Gasteiger partial charge in [-0.1, -0.05) is 0 Å². The molecule has 1 radical (unpaired) electrons. The van der Waals surface area contributed by atoms with Crippen LogP contribution >= 0.6 is 0 Å².